The van der Waals surface area contributed by atoms with Crippen LogP contribution < -0.4 is 5.73 Å². The van der Waals surface area contributed by atoms with Crippen LogP contribution in [0.1, 0.15) is 43.5 Å². The van der Waals surface area contributed by atoms with E-state index in [2.05, 4.69) is 23.8 Å². The van der Waals surface area contributed by atoms with E-state index in [9.17, 15) is 9.59 Å². The summed E-state index contributed by atoms with van der Waals surface area (Å²) in [5.41, 5.74) is 8.14. The lowest BCUT2D eigenvalue weighted by Gasteiger charge is -2.09. The van der Waals surface area contributed by atoms with E-state index in [-0.39, 0.29) is 6.42 Å². The van der Waals surface area contributed by atoms with E-state index < -0.39 is 23.9 Å². The lowest BCUT2D eigenvalue weighted by molar-refractivity contribution is -0.139. The Bertz CT molecular complexity index is 681. The number of aliphatic carboxylic acids is 2. The van der Waals surface area contributed by atoms with Crippen LogP contribution in [-0.4, -0.2) is 38.2 Å². The number of hydrogen-bond donors (Lipinski definition) is 4. The summed E-state index contributed by atoms with van der Waals surface area (Å²) in [7, 11) is 0. The predicted octanol–water partition coefficient (Wildman–Crippen LogP) is 2.44. The third kappa shape index (κ3) is 7.48. The van der Waals surface area contributed by atoms with Gasteiger partial charge in [-0.2, -0.15) is 0 Å². The minimum atomic E-state index is -1.00. The molecule has 1 unspecified atom stereocenters. The Labute approximate surface area is 153 Å². The molecule has 0 saturated heterocycles. The maximum Gasteiger partial charge on any atom is 0.320 e. The first kappa shape index (κ1) is 21.4. The topological polar surface area (TPSA) is 129 Å². The second-order valence-corrected chi connectivity index (χ2v) is 6.63. The summed E-state index contributed by atoms with van der Waals surface area (Å²) in [6.07, 6.45) is 4.38. The summed E-state index contributed by atoms with van der Waals surface area (Å²) < 4.78 is 0. The number of carboxylic acid groups (broad SMARTS) is 2. The van der Waals surface area contributed by atoms with Gasteiger partial charge in [-0.15, -0.1) is 0 Å². The van der Waals surface area contributed by atoms with E-state index in [0.29, 0.717) is 5.92 Å². The molecule has 0 aliphatic heterocycles. The van der Waals surface area contributed by atoms with E-state index in [1.165, 1.54) is 11.9 Å². The smallest absolute Gasteiger partial charge is 0.320 e. The third-order valence-electron chi connectivity index (χ3n) is 3.81. The Morgan fingerprint density at radius 1 is 1.08 bits per heavy atom. The van der Waals surface area contributed by atoms with Crippen LogP contribution in [-0.2, 0) is 22.4 Å². The second-order valence-electron chi connectivity index (χ2n) is 6.63. The largest absolute Gasteiger partial charge is 0.481 e. The van der Waals surface area contributed by atoms with Crippen molar-refractivity contribution >= 4 is 11.9 Å². The highest BCUT2D eigenvalue weighted by molar-refractivity contribution is 5.75. The SMILES string of the molecule is CC(C)Cc1ccc([C@H](C)C(=O)O)cc1.NC(Cc1cnc[nH]1)C(=O)O. The molecule has 142 valence electrons. The van der Waals surface area contributed by atoms with Crippen LogP contribution in [0.5, 0.6) is 0 Å². The predicted molar refractivity (Wildman–Crippen MR) is 98.9 cm³/mol. The Morgan fingerprint density at radius 3 is 2.12 bits per heavy atom. The number of carbonyl (C=O) groups is 2. The van der Waals surface area contributed by atoms with E-state index in [4.69, 9.17) is 15.9 Å². The standard InChI is InChI=1S/C13H18O2.C6H9N3O2/c1-9(2)8-11-4-6-12(7-5-11)10(3)13(14)15;7-5(6(10)11)1-4-2-8-3-9-4/h4-7,9-10H,8H2,1-3H3,(H,14,15);2-3,5H,1,7H2,(H,8,9)(H,10,11)/t10-;/m0./s1. The molecule has 1 heterocycles. The number of H-pyrrole nitrogens is 1. The maximum absolute atomic E-state index is 10.8. The number of benzene rings is 1. The Hall–Kier alpha value is -2.67. The monoisotopic (exact) mass is 361 g/mol. The average Bonchev–Trinajstić information content (AvgIpc) is 3.07. The number of nitrogens with zero attached hydrogens (tertiary/aromatic N) is 1. The lowest BCUT2D eigenvalue weighted by Crippen LogP contribution is -2.32. The first-order chi connectivity index (χ1) is 12.2. The summed E-state index contributed by atoms with van der Waals surface area (Å²) in [6, 6.07) is 7.02. The van der Waals surface area contributed by atoms with Crippen LogP contribution in [0.4, 0.5) is 0 Å². The Balaban J connectivity index is 0.000000273. The molecule has 7 heteroatoms. The zero-order valence-corrected chi connectivity index (χ0v) is 15.3. The van der Waals surface area contributed by atoms with Crippen molar-refractivity contribution in [3.63, 3.8) is 0 Å². The van der Waals surface area contributed by atoms with Crippen molar-refractivity contribution < 1.29 is 19.8 Å². The van der Waals surface area contributed by atoms with Crippen LogP contribution >= 0.6 is 0 Å². The van der Waals surface area contributed by atoms with Crippen molar-refractivity contribution in [2.45, 2.75) is 45.6 Å². The molecule has 0 spiro atoms. The highest BCUT2D eigenvalue weighted by atomic mass is 16.4. The zero-order valence-electron chi connectivity index (χ0n) is 15.3. The van der Waals surface area contributed by atoms with Crippen LogP contribution in [0.25, 0.3) is 0 Å². The number of nitrogens with two attached hydrogens (primary N) is 1. The molecule has 2 aromatic rings. The van der Waals surface area contributed by atoms with Gasteiger partial charge >= 0.3 is 11.9 Å². The molecule has 7 nitrogen and oxygen atoms in total. The summed E-state index contributed by atoms with van der Waals surface area (Å²) >= 11 is 0. The fourth-order valence-corrected chi connectivity index (χ4v) is 2.28. The van der Waals surface area contributed by atoms with Gasteiger partial charge in [-0.3, -0.25) is 9.59 Å². The van der Waals surface area contributed by atoms with E-state index in [0.717, 1.165) is 17.7 Å². The molecule has 0 fully saturated rings. The number of carboxylic acids is 2. The van der Waals surface area contributed by atoms with Crippen LogP contribution in [0.2, 0.25) is 0 Å². The Kier molecular flexibility index (Phi) is 8.51. The van der Waals surface area contributed by atoms with Gasteiger partial charge in [-0.25, -0.2) is 4.98 Å². The van der Waals surface area contributed by atoms with Crippen molar-refractivity contribution in [2.24, 2.45) is 11.7 Å². The molecule has 5 N–H and O–H groups in total. The summed E-state index contributed by atoms with van der Waals surface area (Å²) in [6.45, 7) is 6.06. The first-order valence-electron chi connectivity index (χ1n) is 8.48. The van der Waals surface area contributed by atoms with E-state index in [1.807, 2.05) is 24.3 Å². The molecule has 1 aromatic heterocycles. The summed E-state index contributed by atoms with van der Waals surface area (Å²) in [4.78, 5) is 27.5. The van der Waals surface area contributed by atoms with Crippen LogP contribution in [0.3, 0.4) is 0 Å². The minimum absolute atomic E-state index is 0.287. The van der Waals surface area contributed by atoms with Crippen molar-refractivity contribution in [2.75, 3.05) is 0 Å². The average molecular weight is 361 g/mol. The molecular formula is C19H27N3O4. The van der Waals surface area contributed by atoms with Crippen LogP contribution in [0, 0.1) is 5.92 Å². The van der Waals surface area contributed by atoms with Gasteiger partial charge in [0.25, 0.3) is 0 Å². The molecule has 0 amide bonds. The molecule has 0 aliphatic carbocycles. The molecule has 0 saturated carbocycles. The van der Waals surface area contributed by atoms with Gasteiger partial charge in [0.15, 0.2) is 0 Å². The fourth-order valence-electron chi connectivity index (χ4n) is 2.28. The quantitative estimate of drug-likeness (QED) is 0.599. The first-order valence-corrected chi connectivity index (χ1v) is 8.48. The maximum atomic E-state index is 10.8. The van der Waals surface area contributed by atoms with Crippen molar-refractivity contribution in [1.29, 1.82) is 0 Å². The lowest BCUT2D eigenvalue weighted by atomic mass is 9.97. The molecule has 1 aromatic carbocycles. The third-order valence-corrected chi connectivity index (χ3v) is 3.81. The Morgan fingerprint density at radius 2 is 1.69 bits per heavy atom. The van der Waals surface area contributed by atoms with E-state index >= 15 is 0 Å². The van der Waals surface area contributed by atoms with E-state index in [1.54, 1.807) is 13.1 Å². The van der Waals surface area contributed by atoms with Crippen LogP contribution in [0.15, 0.2) is 36.8 Å². The van der Waals surface area contributed by atoms with Crippen molar-refractivity contribution in [1.82, 2.24) is 9.97 Å². The van der Waals surface area contributed by atoms with Crippen molar-refractivity contribution in [3.8, 4) is 0 Å². The molecule has 2 atom stereocenters. The van der Waals surface area contributed by atoms with Gasteiger partial charge in [-0.1, -0.05) is 38.1 Å². The van der Waals surface area contributed by atoms with Gasteiger partial charge < -0.3 is 20.9 Å². The molecule has 0 bridgehead atoms. The molecule has 26 heavy (non-hydrogen) atoms. The summed E-state index contributed by atoms with van der Waals surface area (Å²) in [5, 5.41) is 17.3. The van der Waals surface area contributed by atoms with Crippen molar-refractivity contribution in [3.05, 3.63) is 53.6 Å². The summed E-state index contributed by atoms with van der Waals surface area (Å²) in [5.74, 6) is -1.56. The zero-order chi connectivity index (χ0) is 19.7. The minimum Gasteiger partial charge on any atom is -0.481 e. The molecular weight excluding hydrogens is 334 g/mol. The normalized spacial score (nSPS) is 12.8. The number of rotatable bonds is 7. The van der Waals surface area contributed by atoms with Gasteiger partial charge in [0.05, 0.1) is 12.2 Å². The highest BCUT2D eigenvalue weighted by Crippen LogP contribution is 2.17. The van der Waals surface area contributed by atoms with Gasteiger partial charge in [0, 0.05) is 18.3 Å². The number of imidazole rings is 1. The number of nitrogens with one attached hydrogen (secondary N) is 1. The fraction of sp³-hybridized carbons (Fsp3) is 0.421. The molecule has 2 rings (SSSR count). The highest BCUT2D eigenvalue weighted by Gasteiger charge is 2.13. The number of aromatic amines is 1. The molecule has 0 aliphatic rings. The number of hydrogen-bond acceptors (Lipinski definition) is 4. The second kappa shape index (κ2) is 10.4. The number of aromatic nitrogens is 2. The van der Waals surface area contributed by atoms with Gasteiger partial charge in [0.1, 0.15) is 6.04 Å². The van der Waals surface area contributed by atoms with Gasteiger partial charge in [0.2, 0.25) is 0 Å². The van der Waals surface area contributed by atoms with Gasteiger partial charge in [-0.05, 0) is 30.4 Å². The molecule has 0 radical (unpaired) electrons.